The zero-order chi connectivity index (χ0) is 18.2. The Morgan fingerprint density at radius 2 is 1.60 bits per heavy atom. The third-order valence-electron chi connectivity index (χ3n) is 3.74. The van der Waals surface area contributed by atoms with Gasteiger partial charge in [-0.25, -0.2) is 21.6 Å². The van der Waals surface area contributed by atoms with Crippen LogP contribution in [-0.4, -0.2) is 22.9 Å². The van der Waals surface area contributed by atoms with Crippen LogP contribution in [0.4, 0.5) is 5.69 Å². The molecule has 0 spiro atoms. The fourth-order valence-corrected chi connectivity index (χ4v) is 4.99. The molecule has 1 aliphatic carbocycles. The number of aryl methyl sites for hydroxylation is 1. The summed E-state index contributed by atoms with van der Waals surface area (Å²) in [4.78, 5) is -0.166. The van der Waals surface area contributed by atoms with Crippen molar-refractivity contribution in [3.8, 4) is 0 Å². The number of nitrogens with one attached hydrogen (secondary N) is 2. The monoisotopic (exact) mass is 444 g/mol. The Balaban J connectivity index is 1.89. The number of rotatable bonds is 6. The minimum Gasteiger partial charge on any atom is -0.280 e. The molecule has 0 saturated heterocycles. The lowest BCUT2D eigenvalue weighted by atomic mass is 10.2. The summed E-state index contributed by atoms with van der Waals surface area (Å²) in [5.74, 6) is 0. The summed E-state index contributed by atoms with van der Waals surface area (Å²) in [6.45, 7) is 1.85. The minimum absolute atomic E-state index is 0.0471. The van der Waals surface area contributed by atoms with Crippen molar-refractivity contribution in [3.63, 3.8) is 0 Å². The van der Waals surface area contributed by atoms with E-state index in [9.17, 15) is 16.8 Å². The summed E-state index contributed by atoms with van der Waals surface area (Å²) in [6, 6.07) is 10.3. The van der Waals surface area contributed by atoms with Crippen LogP contribution >= 0.6 is 15.9 Å². The molecule has 2 aromatic carbocycles. The number of hydrogen-bond acceptors (Lipinski definition) is 4. The number of hydrogen-bond donors (Lipinski definition) is 2. The molecule has 0 unspecified atom stereocenters. The molecule has 134 valence electrons. The lowest BCUT2D eigenvalue weighted by Crippen LogP contribution is -2.26. The van der Waals surface area contributed by atoms with E-state index in [0.717, 1.165) is 22.9 Å². The summed E-state index contributed by atoms with van der Waals surface area (Å²) in [7, 11) is -7.61. The zero-order valence-corrected chi connectivity index (χ0v) is 16.6. The first-order valence-corrected chi connectivity index (χ1v) is 11.3. The smallest absolute Gasteiger partial charge is 0.261 e. The van der Waals surface area contributed by atoms with E-state index >= 15 is 0 Å². The molecule has 2 aromatic rings. The molecule has 25 heavy (non-hydrogen) atoms. The highest BCUT2D eigenvalue weighted by Gasteiger charge is 2.28. The summed E-state index contributed by atoms with van der Waals surface area (Å²) >= 11 is 3.36. The molecule has 1 saturated carbocycles. The first-order valence-electron chi connectivity index (χ1n) is 7.59. The van der Waals surface area contributed by atoms with Crippen molar-refractivity contribution in [2.75, 3.05) is 4.72 Å². The van der Waals surface area contributed by atoms with Crippen molar-refractivity contribution in [2.24, 2.45) is 0 Å². The third kappa shape index (κ3) is 4.41. The van der Waals surface area contributed by atoms with Crippen molar-refractivity contribution < 1.29 is 16.8 Å². The molecule has 6 nitrogen and oxygen atoms in total. The van der Waals surface area contributed by atoms with Crippen LogP contribution in [0, 0.1) is 6.92 Å². The fourth-order valence-electron chi connectivity index (χ4n) is 2.22. The van der Waals surface area contributed by atoms with Crippen LogP contribution in [0.25, 0.3) is 0 Å². The quantitative estimate of drug-likeness (QED) is 0.715. The van der Waals surface area contributed by atoms with Gasteiger partial charge in [-0.05, 0) is 61.7 Å². The predicted octanol–water partition coefficient (Wildman–Crippen LogP) is 3.00. The normalized spacial score (nSPS) is 15.1. The highest BCUT2D eigenvalue weighted by atomic mass is 79.9. The van der Waals surface area contributed by atoms with Gasteiger partial charge < -0.3 is 0 Å². The number of sulfonamides is 2. The lowest BCUT2D eigenvalue weighted by Gasteiger charge is -2.11. The van der Waals surface area contributed by atoms with E-state index in [1.807, 2.05) is 6.92 Å². The standard InChI is InChI=1S/C16H17BrN2O4S2/c1-11-9-13(7-8-16(11)17)19-25(22,23)15-4-2-3-14(10-15)24(20,21)18-12-5-6-12/h2-4,7-10,12,18-19H,5-6H2,1H3. The maximum atomic E-state index is 12.6. The van der Waals surface area contributed by atoms with Gasteiger partial charge in [0, 0.05) is 16.2 Å². The van der Waals surface area contributed by atoms with Crippen molar-refractivity contribution >= 4 is 41.7 Å². The average Bonchev–Trinajstić information content (AvgIpc) is 3.34. The van der Waals surface area contributed by atoms with E-state index in [1.165, 1.54) is 24.3 Å². The van der Waals surface area contributed by atoms with Gasteiger partial charge in [0.25, 0.3) is 10.0 Å². The Hall–Kier alpha value is -1.42. The van der Waals surface area contributed by atoms with Crippen LogP contribution in [0.5, 0.6) is 0 Å². The number of anilines is 1. The molecule has 0 amide bonds. The molecular formula is C16H17BrN2O4S2. The van der Waals surface area contributed by atoms with E-state index in [1.54, 1.807) is 18.2 Å². The second-order valence-corrected chi connectivity index (χ2v) is 10.2. The third-order valence-corrected chi connectivity index (χ3v) is 7.52. The first-order chi connectivity index (χ1) is 11.7. The van der Waals surface area contributed by atoms with Gasteiger partial charge in [0.1, 0.15) is 0 Å². The molecule has 0 bridgehead atoms. The van der Waals surface area contributed by atoms with Gasteiger partial charge >= 0.3 is 0 Å². The molecular weight excluding hydrogens is 428 g/mol. The van der Waals surface area contributed by atoms with Gasteiger partial charge in [0.2, 0.25) is 10.0 Å². The topological polar surface area (TPSA) is 92.3 Å². The minimum atomic E-state index is -3.90. The Bertz CT molecular complexity index is 1020. The van der Waals surface area contributed by atoms with Crippen LogP contribution < -0.4 is 9.44 Å². The fraction of sp³-hybridized carbons (Fsp3) is 0.250. The van der Waals surface area contributed by atoms with Crippen LogP contribution in [-0.2, 0) is 20.0 Å². The number of halogens is 1. The lowest BCUT2D eigenvalue weighted by molar-refractivity contribution is 0.580. The van der Waals surface area contributed by atoms with E-state index < -0.39 is 20.0 Å². The van der Waals surface area contributed by atoms with E-state index in [4.69, 9.17) is 0 Å². The zero-order valence-electron chi connectivity index (χ0n) is 13.4. The van der Waals surface area contributed by atoms with Crippen molar-refractivity contribution in [2.45, 2.75) is 35.6 Å². The van der Waals surface area contributed by atoms with Crippen molar-refractivity contribution in [1.82, 2.24) is 4.72 Å². The predicted molar refractivity (Wildman–Crippen MR) is 99.5 cm³/mol. The molecule has 0 aliphatic heterocycles. The van der Waals surface area contributed by atoms with E-state index in [2.05, 4.69) is 25.4 Å². The van der Waals surface area contributed by atoms with Crippen LogP contribution in [0.2, 0.25) is 0 Å². The largest absolute Gasteiger partial charge is 0.280 e. The second kappa shape index (κ2) is 6.71. The van der Waals surface area contributed by atoms with Crippen molar-refractivity contribution in [3.05, 3.63) is 52.5 Å². The maximum Gasteiger partial charge on any atom is 0.261 e. The molecule has 0 heterocycles. The SMILES string of the molecule is Cc1cc(NS(=O)(=O)c2cccc(S(=O)(=O)NC3CC3)c2)ccc1Br. The maximum absolute atomic E-state index is 12.6. The summed E-state index contributed by atoms with van der Waals surface area (Å²) < 4.78 is 55.6. The average molecular weight is 445 g/mol. The molecule has 0 atom stereocenters. The van der Waals surface area contributed by atoms with E-state index in [0.29, 0.717) is 5.69 Å². The molecule has 0 aromatic heterocycles. The van der Waals surface area contributed by atoms with Crippen LogP contribution in [0.1, 0.15) is 18.4 Å². The van der Waals surface area contributed by atoms with Crippen LogP contribution in [0.3, 0.4) is 0 Å². The Morgan fingerprint density at radius 3 is 2.20 bits per heavy atom. The molecule has 1 fully saturated rings. The highest BCUT2D eigenvalue weighted by Crippen LogP contribution is 2.25. The molecule has 2 N–H and O–H groups in total. The van der Waals surface area contributed by atoms with Crippen molar-refractivity contribution in [1.29, 1.82) is 0 Å². The Labute approximate surface area is 155 Å². The van der Waals surface area contributed by atoms with Crippen LogP contribution in [0.15, 0.2) is 56.7 Å². The van der Waals surface area contributed by atoms with Gasteiger partial charge in [0.05, 0.1) is 9.79 Å². The molecule has 0 radical (unpaired) electrons. The van der Waals surface area contributed by atoms with Gasteiger partial charge in [-0.1, -0.05) is 22.0 Å². The summed E-state index contributed by atoms with van der Waals surface area (Å²) in [5, 5.41) is 0. The highest BCUT2D eigenvalue weighted by molar-refractivity contribution is 9.10. The van der Waals surface area contributed by atoms with Gasteiger partial charge in [-0.15, -0.1) is 0 Å². The Morgan fingerprint density at radius 1 is 0.960 bits per heavy atom. The summed E-state index contributed by atoms with van der Waals surface area (Å²) in [5.41, 5.74) is 1.29. The van der Waals surface area contributed by atoms with Gasteiger partial charge in [0.15, 0.2) is 0 Å². The summed E-state index contributed by atoms with van der Waals surface area (Å²) in [6.07, 6.45) is 1.61. The molecule has 9 heteroatoms. The van der Waals surface area contributed by atoms with Gasteiger partial charge in [-0.3, -0.25) is 4.72 Å². The second-order valence-electron chi connectivity index (χ2n) is 5.94. The first kappa shape index (κ1) is 18.4. The number of benzene rings is 2. The molecule has 1 aliphatic rings. The van der Waals surface area contributed by atoms with E-state index in [-0.39, 0.29) is 15.8 Å². The molecule has 3 rings (SSSR count). The van der Waals surface area contributed by atoms with Gasteiger partial charge in [-0.2, -0.15) is 0 Å². The Kier molecular flexibility index (Phi) is 4.93.